The minimum atomic E-state index is -0.366. The van der Waals surface area contributed by atoms with E-state index in [0.717, 1.165) is 28.0 Å². The molecule has 25 heavy (non-hydrogen) atoms. The lowest BCUT2D eigenvalue weighted by molar-refractivity contribution is -0.119. The number of carbonyl (C=O) groups excluding carboxylic acids is 1. The Labute approximate surface area is 148 Å². The van der Waals surface area contributed by atoms with Crippen molar-refractivity contribution in [3.05, 3.63) is 78.9 Å². The SMILES string of the molecule is CC(CC(N)=O)Oc1ccc(-c2ccccc2)cc1-c1ccccc1. The van der Waals surface area contributed by atoms with E-state index in [4.69, 9.17) is 10.5 Å². The molecule has 0 spiro atoms. The van der Waals surface area contributed by atoms with Crippen LogP contribution in [0.2, 0.25) is 0 Å². The van der Waals surface area contributed by atoms with Crippen LogP contribution < -0.4 is 10.5 Å². The number of primary amides is 1. The number of rotatable bonds is 6. The summed E-state index contributed by atoms with van der Waals surface area (Å²) in [5.74, 6) is 0.384. The van der Waals surface area contributed by atoms with Crippen molar-refractivity contribution in [3.8, 4) is 28.0 Å². The van der Waals surface area contributed by atoms with E-state index in [1.165, 1.54) is 0 Å². The summed E-state index contributed by atoms with van der Waals surface area (Å²) in [7, 11) is 0. The Bertz CT molecular complexity index is 844. The summed E-state index contributed by atoms with van der Waals surface area (Å²) in [6.07, 6.45) is -0.0863. The first kappa shape index (κ1) is 16.8. The van der Waals surface area contributed by atoms with Crippen LogP contribution in [0.15, 0.2) is 78.9 Å². The van der Waals surface area contributed by atoms with E-state index in [2.05, 4.69) is 30.3 Å². The number of amides is 1. The molecule has 126 valence electrons. The maximum atomic E-state index is 11.1. The maximum Gasteiger partial charge on any atom is 0.221 e. The molecule has 0 aromatic heterocycles. The Kier molecular flexibility index (Phi) is 5.14. The molecule has 3 aromatic rings. The predicted molar refractivity (Wildman–Crippen MR) is 101 cm³/mol. The predicted octanol–water partition coefficient (Wildman–Crippen LogP) is 4.66. The van der Waals surface area contributed by atoms with Gasteiger partial charge < -0.3 is 10.5 Å². The molecular weight excluding hydrogens is 310 g/mol. The molecule has 0 aliphatic rings. The number of hydrogen-bond acceptors (Lipinski definition) is 2. The van der Waals surface area contributed by atoms with Crippen molar-refractivity contribution in [2.75, 3.05) is 0 Å². The van der Waals surface area contributed by atoms with Gasteiger partial charge in [-0.05, 0) is 35.7 Å². The molecule has 3 heteroatoms. The Hall–Kier alpha value is -3.07. The summed E-state index contributed by atoms with van der Waals surface area (Å²) < 4.78 is 6.00. The smallest absolute Gasteiger partial charge is 0.221 e. The van der Waals surface area contributed by atoms with Crippen LogP contribution in [0.4, 0.5) is 0 Å². The van der Waals surface area contributed by atoms with Crippen molar-refractivity contribution < 1.29 is 9.53 Å². The van der Waals surface area contributed by atoms with Gasteiger partial charge in [-0.15, -0.1) is 0 Å². The largest absolute Gasteiger partial charge is 0.490 e. The highest BCUT2D eigenvalue weighted by Crippen LogP contribution is 2.35. The minimum Gasteiger partial charge on any atom is -0.490 e. The second-order valence-corrected chi connectivity index (χ2v) is 6.04. The molecular formula is C22H21NO2. The molecule has 0 saturated heterocycles. The molecule has 1 atom stereocenters. The van der Waals surface area contributed by atoms with E-state index in [9.17, 15) is 4.79 Å². The van der Waals surface area contributed by atoms with Crippen LogP contribution in [0.1, 0.15) is 13.3 Å². The molecule has 1 amide bonds. The van der Waals surface area contributed by atoms with E-state index < -0.39 is 0 Å². The van der Waals surface area contributed by atoms with Crippen LogP contribution in [-0.4, -0.2) is 12.0 Å². The number of ether oxygens (including phenoxy) is 1. The highest BCUT2D eigenvalue weighted by molar-refractivity contribution is 5.78. The van der Waals surface area contributed by atoms with Crippen LogP contribution in [0.3, 0.4) is 0 Å². The normalized spacial score (nSPS) is 11.7. The lowest BCUT2D eigenvalue weighted by atomic mass is 9.98. The molecule has 1 unspecified atom stereocenters. The summed E-state index contributed by atoms with van der Waals surface area (Å²) >= 11 is 0. The van der Waals surface area contributed by atoms with Gasteiger partial charge in [-0.2, -0.15) is 0 Å². The first-order chi connectivity index (χ1) is 12.1. The zero-order valence-electron chi connectivity index (χ0n) is 14.2. The van der Waals surface area contributed by atoms with Crippen molar-refractivity contribution in [1.82, 2.24) is 0 Å². The third-order valence-corrected chi connectivity index (χ3v) is 3.99. The van der Waals surface area contributed by atoms with Crippen molar-refractivity contribution in [1.29, 1.82) is 0 Å². The van der Waals surface area contributed by atoms with Crippen LogP contribution in [0.5, 0.6) is 5.75 Å². The lowest BCUT2D eigenvalue weighted by Gasteiger charge is -2.18. The summed E-state index contributed by atoms with van der Waals surface area (Å²) in [5, 5.41) is 0. The molecule has 0 aliphatic carbocycles. The van der Waals surface area contributed by atoms with E-state index in [1.54, 1.807) is 0 Å². The fourth-order valence-corrected chi connectivity index (χ4v) is 2.83. The van der Waals surface area contributed by atoms with E-state index >= 15 is 0 Å². The summed E-state index contributed by atoms with van der Waals surface area (Å²) in [6, 6.07) is 26.4. The van der Waals surface area contributed by atoms with Gasteiger partial charge in [-0.25, -0.2) is 0 Å². The molecule has 0 bridgehead atoms. The second kappa shape index (κ2) is 7.67. The second-order valence-electron chi connectivity index (χ2n) is 6.04. The number of nitrogens with two attached hydrogens (primary N) is 1. The Balaban J connectivity index is 2.01. The first-order valence-electron chi connectivity index (χ1n) is 8.33. The van der Waals surface area contributed by atoms with Gasteiger partial charge in [-0.1, -0.05) is 66.7 Å². The van der Waals surface area contributed by atoms with Gasteiger partial charge in [0.15, 0.2) is 0 Å². The lowest BCUT2D eigenvalue weighted by Crippen LogP contribution is -2.22. The first-order valence-corrected chi connectivity index (χ1v) is 8.33. The third-order valence-electron chi connectivity index (χ3n) is 3.99. The van der Waals surface area contributed by atoms with Crippen LogP contribution in [-0.2, 0) is 4.79 Å². The number of hydrogen-bond donors (Lipinski definition) is 1. The van der Waals surface area contributed by atoms with Gasteiger partial charge in [0.1, 0.15) is 11.9 Å². The molecule has 3 aromatic carbocycles. The van der Waals surface area contributed by atoms with E-state index in [1.807, 2.05) is 55.5 Å². The quantitative estimate of drug-likeness (QED) is 0.714. The Morgan fingerprint density at radius 1 is 0.880 bits per heavy atom. The Morgan fingerprint density at radius 2 is 1.48 bits per heavy atom. The zero-order chi connectivity index (χ0) is 17.6. The third kappa shape index (κ3) is 4.27. The zero-order valence-corrected chi connectivity index (χ0v) is 14.2. The van der Waals surface area contributed by atoms with Gasteiger partial charge in [0, 0.05) is 5.56 Å². The number of carbonyl (C=O) groups is 1. The van der Waals surface area contributed by atoms with Gasteiger partial charge >= 0.3 is 0 Å². The van der Waals surface area contributed by atoms with Crippen molar-refractivity contribution in [3.63, 3.8) is 0 Å². The molecule has 0 radical (unpaired) electrons. The molecule has 0 fully saturated rings. The topological polar surface area (TPSA) is 52.3 Å². The maximum absolute atomic E-state index is 11.1. The summed E-state index contributed by atoms with van der Waals surface area (Å²) in [4.78, 5) is 11.1. The standard InChI is InChI=1S/C22H21NO2/c1-16(14-22(23)24)25-21-13-12-19(17-8-4-2-5-9-17)15-20(21)18-10-6-3-7-11-18/h2-13,15-16H,14H2,1H3,(H2,23,24). The van der Waals surface area contributed by atoms with Gasteiger partial charge in [0.25, 0.3) is 0 Å². The number of benzene rings is 3. The van der Waals surface area contributed by atoms with Gasteiger partial charge in [0.05, 0.1) is 6.42 Å². The molecule has 0 aliphatic heterocycles. The van der Waals surface area contributed by atoms with Crippen LogP contribution in [0, 0.1) is 0 Å². The average Bonchev–Trinajstić information content (AvgIpc) is 2.63. The highest BCUT2D eigenvalue weighted by Gasteiger charge is 2.13. The van der Waals surface area contributed by atoms with Crippen LogP contribution >= 0.6 is 0 Å². The molecule has 3 rings (SSSR count). The fourth-order valence-electron chi connectivity index (χ4n) is 2.83. The van der Waals surface area contributed by atoms with Crippen molar-refractivity contribution in [2.24, 2.45) is 5.73 Å². The highest BCUT2D eigenvalue weighted by atomic mass is 16.5. The van der Waals surface area contributed by atoms with E-state index in [0.29, 0.717) is 0 Å². The Morgan fingerprint density at radius 3 is 2.08 bits per heavy atom. The van der Waals surface area contributed by atoms with Crippen LogP contribution in [0.25, 0.3) is 22.3 Å². The molecule has 0 saturated carbocycles. The monoisotopic (exact) mass is 331 g/mol. The summed E-state index contributed by atoms with van der Waals surface area (Å²) in [6.45, 7) is 1.85. The van der Waals surface area contributed by atoms with Crippen molar-refractivity contribution >= 4 is 5.91 Å². The average molecular weight is 331 g/mol. The van der Waals surface area contributed by atoms with Gasteiger partial charge in [0.2, 0.25) is 5.91 Å². The molecule has 2 N–H and O–H groups in total. The minimum absolute atomic E-state index is 0.189. The van der Waals surface area contributed by atoms with Gasteiger partial charge in [-0.3, -0.25) is 4.79 Å². The molecule has 3 nitrogen and oxygen atoms in total. The molecule has 0 heterocycles. The summed E-state index contributed by atoms with van der Waals surface area (Å²) in [5.41, 5.74) is 9.62. The van der Waals surface area contributed by atoms with Crippen molar-refractivity contribution in [2.45, 2.75) is 19.4 Å². The van der Waals surface area contributed by atoms with E-state index in [-0.39, 0.29) is 18.4 Å². The fraction of sp³-hybridized carbons (Fsp3) is 0.136.